The van der Waals surface area contributed by atoms with Gasteiger partial charge in [0.1, 0.15) is 0 Å². The van der Waals surface area contributed by atoms with Gasteiger partial charge in [-0.1, -0.05) is 12.7 Å². The molecule has 0 bridgehead atoms. The highest BCUT2D eigenvalue weighted by molar-refractivity contribution is 4.88. The largest absolute Gasteiger partial charge is 0.504 e. The first-order valence-electron chi connectivity index (χ1n) is 1.25. The Hall–Kier alpha value is -0.720. The Labute approximate surface area is 31.2 Å². The SMILES string of the molecule is C=C/C=[C]/O. The zero-order valence-corrected chi connectivity index (χ0v) is 2.81. The summed E-state index contributed by atoms with van der Waals surface area (Å²) in [6, 6.07) is 0. The lowest BCUT2D eigenvalue weighted by molar-refractivity contribution is 0.442. The maximum Gasteiger partial charge on any atom is 0.157 e. The van der Waals surface area contributed by atoms with Crippen LogP contribution in [0.1, 0.15) is 0 Å². The fourth-order valence-electron chi connectivity index (χ4n) is 0.0527. The summed E-state index contributed by atoms with van der Waals surface area (Å²) in [5.41, 5.74) is 0. The smallest absolute Gasteiger partial charge is 0.157 e. The number of hydrogen-bond acceptors (Lipinski definition) is 1. The number of allylic oxidation sites excluding steroid dienone is 2. The molecule has 1 nitrogen and oxygen atoms in total. The molecule has 0 amide bonds. The van der Waals surface area contributed by atoms with Crippen molar-refractivity contribution in [3.63, 3.8) is 0 Å². The van der Waals surface area contributed by atoms with Gasteiger partial charge >= 0.3 is 0 Å². The van der Waals surface area contributed by atoms with Gasteiger partial charge < -0.3 is 5.11 Å². The number of hydrogen-bond donors (Lipinski definition) is 1. The highest BCUT2D eigenvalue weighted by Gasteiger charge is 1.46. The Morgan fingerprint density at radius 1 is 1.80 bits per heavy atom. The molecule has 0 aromatic carbocycles. The predicted molar refractivity (Wildman–Crippen MR) is 20.6 cm³/mol. The van der Waals surface area contributed by atoms with E-state index in [1.54, 1.807) is 6.26 Å². The third kappa shape index (κ3) is 3.28. The Kier molecular flexibility index (Phi) is 2.81. The van der Waals surface area contributed by atoms with Crippen molar-refractivity contribution in [1.29, 1.82) is 0 Å². The monoisotopic (exact) mass is 69.0 g/mol. The average molecular weight is 69.1 g/mol. The number of aliphatic hydroxyl groups excluding tert-OH is 1. The normalized spacial score (nSPS) is 8.80. The van der Waals surface area contributed by atoms with Gasteiger partial charge in [0.15, 0.2) is 6.26 Å². The molecule has 0 saturated heterocycles. The lowest BCUT2D eigenvalue weighted by Gasteiger charge is -1.55. The van der Waals surface area contributed by atoms with Crippen LogP contribution in [0.4, 0.5) is 0 Å². The predicted octanol–water partition coefficient (Wildman–Crippen LogP) is 1.05. The summed E-state index contributed by atoms with van der Waals surface area (Å²) in [6.45, 7) is 3.27. The van der Waals surface area contributed by atoms with E-state index in [4.69, 9.17) is 5.11 Å². The van der Waals surface area contributed by atoms with Crippen LogP contribution in [0.3, 0.4) is 0 Å². The molecular weight excluding hydrogens is 64.0 g/mol. The van der Waals surface area contributed by atoms with Crippen LogP contribution in [-0.2, 0) is 0 Å². The van der Waals surface area contributed by atoms with Crippen LogP contribution in [0.15, 0.2) is 18.7 Å². The van der Waals surface area contributed by atoms with Crippen LogP contribution >= 0.6 is 0 Å². The lowest BCUT2D eigenvalue weighted by atomic mass is 10.6. The van der Waals surface area contributed by atoms with E-state index in [-0.39, 0.29) is 0 Å². The van der Waals surface area contributed by atoms with Crippen molar-refractivity contribution >= 4 is 0 Å². The van der Waals surface area contributed by atoms with Crippen molar-refractivity contribution in [1.82, 2.24) is 0 Å². The van der Waals surface area contributed by atoms with E-state index in [2.05, 4.69) is 6.58 Å². The number of aliphatic hydroxyl groups is 1. The summed E-state index contributed by atoms with van der Waals surface area (Å²) in [6.07, 6.45) is 4.54. The molecule has 0 aromatic rings. The third-order valence-corrected chi connectivity index (χ3v) is 0.192. The van der Waals surface area contributed by atoms with E-state index in [1.165, 1.54) is 12.2 Å². The fraction of sp³-hybridized carbons (Fsp3) is 0. The maximum absolute atomic E-state index is 7.69. The molecule has 0 fully saturated rings. The van der Waals surface area contributed by atoms with E-state index in [9.17, 15) is 0 Å². The molecule has 0 aliphatic carbocycles. The van der Waals surface area contributed by atoms with E-state index in [0.29, 0.717) is 0 Å². The molecule has 0 aliphatic rings. The van der Waals surface area contributed by atoms with Crippen LogP contribution in [0.5, 0.6) is 0 Å². The molecule has 0 aliphatic heterocycles. The quantitative estimate of drug-likeness (QED) is 0.360. The molecule has 0 aromatic heterocycles. The van der Waals surface area contributed by atoms with E-state index < -0.39 is 0 Å². The van der Waals surface area contributed by atoms with E-state index in [1.807, 2.05) is 0 Å². The highest BCUT2D eigenvalue weighted by Crippen LogP contribution is 1.59. The van der Waals surface area contributed by atoms with E-state index >= 15 is 0 Å². The Morgan fingerprint density at radius 2 is 2.40 bits per heavy atom. The van der Waals surface area contributed by atoms with Crippen molar-refractivity contribution in [3.05, 3.63) is 25.0 Å². The minimum absolute atomic E-state index is 1.32. The van der Waals surface area contributed by atoms with Gasteiger partial charge in [0.05, 0.1) is 0 Å². The second kappa shape index (κ2) is 3.28. The summed E-state index contributed by atoms with van der Waals surface area (Å²) in [5, 5.41) is 7.69. The molecule has 0 atom stereocenters. The molecule has 1 N–H and O–H groups in total. The second-order valence-corrected chi connectivity index (χ2v) is 0.531. The Morgan fingerprint density at radius 3 is 2.40 bits per heavy atom. The first-order valence-corrected chi connectivity index (χ1v) is 1.25. The summed E-state index contributed by atoms with van der Waals surface area (Å²) >= 11 is 0. The van der Waals surface area contributed by atoms with Gasteiger partial charge in [-0.2, -0.15) is 0 Å². The lowest BCUT2D eigenvalue weighted by Crippen LogP contribution is -1.43. The molecule has 0 saturated carbocycles. The zero-order chi connectivity index (χ0) is 4.12. The first-order chi connectivity index (χ1) is 2.41. The number of rotatable bonds is 1. The molecule has 0 unspecified atom stereocenters. The topological polar surface area (TPSA) is 20.2 Å². The molecule has 27 valence electrons. The summed E-state index contributed by atoms with van der Waals surface area (Å²) in [7, 11) is 0. The second-order valence-electron chi connectivity index (χ2n) is 0.531. The summed E-state index contributed by atoms with van der Waals surface area (Å²) < 4.78 is 0. The van der Waals surface area contributed by atoms with Crippen LogP contribution in [-0.4, -0.2) is 5.11 Å². The van der Waals surface area contributed by atoms with Crippen LogP contribution in [0, 0.1) is 6.26 Å². The Bertz CT molecular complexity index is 45.6. The van der Waals surface area contributed by atoms with Crippen molar-refractivity contribution in [3.8, 4) is 0 Å². The molecule has 1 heteroatoms. The maximum atomic E-state index is 7.69. The third-order valence-electron chi connectivity index (χ3n) is 0.192. The zero-order valence-electron chi connectivity index (χ0n) is 2.81. The van der Waals surface area contributed by atoms with Crippen molar-refractivity contribution < 1.29 is 5.11 Å². The van der Waals surface area contributed by atoms with Crippen molar-refractivity contribution in [2.75, 3.05) is 0 Å². The van der Waals surface area contributed by atoms with Crippen LogP contribution in [0.25, 0.3) is 0 Å². The summed E-state index contributed by atoms with van der Waals surface area (Å²) in [5.74, 6) is 0. The van der Waals surface area contributed by atoms with Gasteiger partial charge in [0.25, 0.3) is 0 Å². The van der Waals surface area contributed by atoms with E-state index in [0.717, 1.165) is 0 Å². The van der Waals surface area contributed by atoms with Crippen molar-refractivity contribution in [2.45, 2.75) is 0 Å². The van der Waals surface area contributed by atoms with Gasteiger partial charge in [-0.25, -0.2) is 0 Å². The van der Waals surface area contributed by atoms with Gasteiger partial charge in [-0.15, -0.1) is 0 Å². The molecule has 5 heavy (non-hydrogen) atoms. The average Bonchev–Trinajstić information content (AvgIpc) is 1.41. The van der Waals surface area contributed by atoms with Crippen LogP contribution in [0.2, 0.25) is 0 Å². The minimum Gasteiger partial charge on any atom is -0.504 e. The highest BCUT2D eigenvalue weighted by atomic mass is 16.2. The van der Waals surface area contributed by atoms with Gasteiger partial charge in [0.2, 0.25) is 0 Å². The Balaban J connectivity index is 2.92. The summed E-state index contributed by atoms with van der Waals surface area (Å²) in [4.78, 5) is 0. The minimum atomic E-state index is 1.32. The standard InChI is InChI=1S/C4H5O/c1-2-3-4-5/h2-3,5H,1H2. The van der Waals surface area contributed by atoms with Crippen molar-refractivity contribution in [2.24, 2.45) is 0 Å². The first kappa shape index (κ1) is 4.28. The van der Waals surface area contributed by atoms with Gasteiger partial charge in [0, 0.05) is 0 Å². The van der Waals surface area contributed by atoms with Gasteiger partial charge in [-0.05, 0) is 6.08 Å². The molecule has 0 heterocycles. The van der Waals surface area contributed by atoms with Gasteiger partial charge in [-0.3, -0.25) is 0 Å². The molecule has 1 radical (unpaired) electrons. The molecule has 0 rings (SSSR count). The van der Waals surface area contributed by atoms with Crippen LogP contribution < -0.4 is 0 Å². The fourth-order valence-corrected chi connectivity index (χ4v) is 0.0527. The molecular formula is C4H5O. The molecule has 0 spiro atoms.